The van der Waals surface area contributed by atoms with Crippen LogP contribution >= 0.6 is 0 Å². The van der Waals surface area contributed by atoms with E-state index < -0.39 is 15.1 Å². The van der Waals surface area contributed by atoms with Gasteiger partial charge in [0, 0.05) is 31.8 Å². The Balaban J connectivity index is 1.92. The van der Waals surface area contributed by atoms with E-state index in [1.54, 1.807) is 10.4 Å². The molecular formula is C15H21N3O4S. The highest BCUT2D eigenvalue weighted by Gasteiger charge is 2.37. The summed E-state index contributed by atoms with van der Waals surface area (Å²) < 4.78 is 28.9. The summed E-state index contributed by atoms with van der Waals surface area (Å²) in [5, 5.41) is 11.0. The average Bonchev–Trinajstić information content (AvgIpc) is 3.22. The summed E-state index contributed by atoms with van der Waals surface area (Å²) in [5.41, 5.74) is 1.23. The zero-order valence-electron chi connectivity index (χ0n) is 13.1. The average molecular weight is 339 g/mol. The minimum atomic E-state index is -3.63. The standard InChI is InChI=1S/C15H21N3O4S/c1-2-8-16(11-12-3-4-12)23(21,22)17-9-7-13-5-6-14(18(19)20)10-15(13)17/h5-6,10,12H,2-4,7-9,11H2,1H3. The SMILES string of the molecule is CCCN(CC1CC1)S(=O)(=O)N1CCc2ccc([N+](=O)[O-])cc21. The molecule has 3 rings (SSSR count). The molecule has 0 bridgehead atoms. The van der Waals surface area contributed by atoms with Gasteiger partial charge in [-0.25, -0.2) is 0 Å². The van der Waals surface area contributed by atoms with Crippen LogP contribution in [-0.4, -0.2) is 37.3 Å². The topological polar surface area (TPSA) is 83.8 Å². The molecule has 0 unspecified atom stereocenters. The normalized spacial score (nSPS) is 17.6. The van der Waals surface area contributed by atoms with Crippen LogP contribution in [0.1, 0.15) is 31.7 Å². The first-order valence-electron chi connectivity index (χ1n) is 7.98. The maximum absolute atomic E-state index is 13.0. The van der Waals surface area contributed by atoms with Crippen molar-refractivity contribution in [1.29, 1.82) is 0 Å². The fraction of sp³-hybridized carbons (Fsp3) is 0.600. The van der Waals surface area contributed by atoms with Crippen LogP contribution in [0.2, 0.25) is 0 Å². The van der Waals surface area contributed by atoms with Crippen LogP contribution in [0.5, 0.6) is 0 Å². The van der Waals surface area contributed by atoms with Crippen LogP contribution in [0.15, 0.2) is 18.2 Å². The van der Waals surface area contributed by atoms with Crippen molar-refractivity contribution < 1.29 is 13.3 Å². The van der Waals surface area contributed by atoms with E-state index in [9.17, 15) is 18.5 Å². The molecule has 1 aromatic rings. The number of nitro benzene ring substituents is 1. The van der Waals surface area contributed by atoms with Crippen LogP contribution in [0.3, 0.4) is 0 Å². The van der Waals surface area contributed by atoms with Gasteiger partial charge in [-0.1, -0.05) is 13.0 Å². The van der Waals surface area contributed by atoms with E-state index >= 15 is 0 Å². The first-order valence-corrected chi connectivity index (χ1v) is 9.38. The lowest BCUT2D eigenvalue weighted by Gasteiger charge is -2.28. The third kappa shape index (κ3) is 3.18. The predicted molar refractivity (Wildman–Crippen MR) is 87.7 cm³/mol. The minimum absolute atomic E-state index is 0.0740. The van der Waals surface area contributed by atoms with Crippen molar-refractivity contribution in [3.63, 3.8) is 0 Å². The highest BCUT2D eigenvalue weighted by Crippen LogP contribution is 2.36. The monoisotopic (exact) mass is 339 g/mol. The van der Waals surface area contributed by atoms with Crippen molar-refractivity contribution in [1.82, 2.24) is 4.31 Å². The Bertz CT molecular complexity index is 715. The lowest BCUT2D eigenvalue weighted by Crippen LogP contribution is -2.44. The van der Waals surface area contributed by atoms with E-state index in [0.29, 0.717) is 37.7 Å². The number of nitro groups is 1. The molecule has 2 aliphatic rings. The van der Waals surface area contributed by atoms with Crippen molar-refractivity contribution in [2.75, 3.05) is 23.9 Å². The molecule has 1 aromatic carbocycles. The molecule has 8 heteroatoms. The van der Waals surface area contributed by atoms with Gasteiger partial charge in [-0.15, -0.1) is 0 Å². The molecule has 0 saturated heterocycles. The summed E-state index contributed by atoms with van der Waals surface area (Å²) in [4.78, 5) is 10.5. The Morgan fingerprint density at radius 1 is 1.39 bits per heavy atom. The van der Waals surface area contributed by atoms with Gasteiger partial charge in [-0.3, -0.25) is 14.4 Å². The molecule has 1 saturated carbocycles. The van der Waals surface area contributed by atoms with E-state index in [4.69, 9.17) is 0 Å². The molecule has 23 heavy (non-hydrogen) atoms. The Morgan fingerprint density at radius 3 is 2.74 bits per heavy atom. The van der Waals surface area contributed by atoms with Crippen molar-refractivity contribution in [3.05, 3.63) is 33.9 Å². The molecule has 0 radical (unpaired) electrons. The second kappa shape index (κ2) is 6.09. The van der Waals surface area contributed by atoms with Crippen LogP contribution in [0.4, 0.5) is 11.4 Å². The summed E-state index contributed by atoms with van der Waals surface area (Å²) in [6, 6.07) is 4.47. The van der Waals surface area contributed by atoms with Gasteiger partial charge in [-0.05, 0) is 37.2 Å². The number of benzene rings is 1. The second-order valence-electron chi connectivity index (χ2n) is 6.20. The Labute approximate surface area is 136 Å². The minimum Gasteiger partial charge on any atom is -0.258 e. The maximum atomic E-state index is 13.0. The fourth-order valence-corrected chi connectivity index (χ4v) is 4.80. The van der Waals surface area contributed by atoms with Gasteiger partial charge < -0.3 is 0 Å². The van der Waals surface area contributed by atoms with Crippen molar-refractivity contribution in [2.45, 2.75) is 32.6 Å². The van der Waals surface area contributed by atoms with Crippen LogP contribution in [-0.2, 0) is 16.6 Å². The molecule has 0 spiro atoms. The highest BCUT2D eigenvalue weighted by molar-refractivity contribution is 7.90. The smallest absolute Gasteiger partial charge is 0.258 e. The molecule has 1 aliphatic carbocycles. The van der Waals surface area contributed by atoms with E-state index in [-0.39, 0.29) is 5.69 Å². The lowest BCUT2D eigenvalue weighted by atomic mass is 10.1. The number of non-ortho nitro benzene ring substituents is 1. The molecule has 0 atom stereocenters. The Kier molecular flexibility index (Phi) is 4.29. The third-order valence-electron chi connectivity index (χ3n) is 4.37. The van der Waals surface area contributed by atoms with Gasteiger partial charge in [-0.2, -0.15) is 12.7 Å². The molecule has 0 aromatic heterocycles. The number of hydrogen-bond donors (Lipinski definition) is 0. The Hall–Kier alpha value is -1.67. The van der Waals surface area contributed by atoms with Gasteiger partial charge in [0.25, 0.3) is 5.69 Å². The first kappa shape index (κ1) is 16.2. The molecule has 126 valence electrons. The van der Waals surface area contributed by atoms with Crippen molar-refractivity contribution in [3.8, 4) is 0 Å². The maximum Gasteiger partial charge on any atom is 0.304 e. The molecule has 0 amide bonds. The molecule has 1 aliphatic heterocycles. The fourth-order valence-electron chi connectivity index (χ4n) is 2.97. The summed E-state index contributed by atoms with van der Waals surface area (Å²) >= 11 is 0. The van der Waals surface area contributed by atoms with Crippen LogP contribution in [0.25, 0.3) is 0 Å². The van der Waals surface area contributed by atoms with Gasteiger partial charge in [0.1, 0.15) is 0 Å². The van der Waals surface area contributed by atoms with E-state index in [1.807, 2.05) is 6.92 Å². The summed E-state index contributed by atoms with van der Waals surface area (Å²) in [7, 11) is -3.63. The van der Waals surface area contributed by atoms with E-state index in [2.05, 4.69) is 0 Å². The van der Waals surface area contributed by atoms with Gasteiger partial charge >= 0.3 is 10.2 Å². The molecule has 7 nitrogen and oxygen atoms in total. The third-order valence-corrected chi connectivity index (χ3v) is 6.29. The molecular weight excluding hydrogens is 318 g/mol. The first-order chi connectivity index (χ1) is 10.9. The number of anilines is 1. The number of nitrogens with zero attached hydrogens (tertiary/aromatic N) is 3. The van der Waals surface area contributed by atoms with Crippen molar-refractivity contribution >= 4 is 21.6 Å². The molecule has 0 N–H and O–H groups in total. The van der Waals surface area contributed by atoms with Crippen LogP contribution in [0, 0.1) is 16.0 Å². The lowest BCUT2D eigenvalue weighted by molar-refractivity contribution is -0.384. The number of rotatable bonds is 7. The second-order valence-corrected chi connectivity index (χ2v) is 8.05. The zero-order chi connectivity index (χ0) is 16.6. The largest absolute Gasteiger partial charge is 0.304 e. The van der Waals surface area contributed by atoms with E-state index in [0.717, 1.165) is 24.8 Å². The number of fused-ring (bicyclic) bond motifs is 1. The van der Waals surface area contributed by atoms with Gasteiger partial charge in [0.05, 0.1) is 10.6 Å². The van der Waals surface area contributed by atoms with Crippen molar-refractivity contribution in [2.24, 2.45) is 5.92 Å². The molecule has 1 heterocycles. The molecule has 1 fully saturated rings. The summed E-state index contributed by atoms with van der Waals surface area (Å²) in [6.07, 6.45) is 3.51. The highest BCUT2D eigenvalue weighted by atomic mass is 32.2. The Morgan fingerprint density at radius 2 is 2.13 bits per heavy atom. The number of hydrogen-bond acceptors (Lipinski definition) is 4. The zero-order valence-corrected chi connectivity index (χ0v) is 14.0. The summed E-state index contributed by atoms with van der Waals surface area (Å²) in [6.45, 7) is 3.35. The quantitative estimate of drug-likeness (QED) is 0.564. The summed E-state index contributed by atoms with van der Waals surface area (Å²) in [5.74, 6) is 0.462. The van der Waals surface area contributed by atoms with E-state index in [1.165, 1.54) is 16.4 Å². The van der Waals surface area contributed by atoms with Crippen LogP contribution < -0.4 is 4.31 Å². The van der Waals surface area contributed by atoms with Gasteiger partial charge in [0.2, 0.25) is 0 Å². The predicted octanol–water partition coefficient (Wildman–Crippen LogP) is 2.32. The van der Waals surface area contributed by atoms with Gasteiger partial charge in [0.15, 0.2) is 0 Å².